The first kappa shape index (κ1) is 7.03. The van der Waals surface area contributed by atoms with Crippen LogP contribution in [0.5, 0.6) is 0 Å². The summed E-state index contributed by atoms with van der Waals surface area (Å²) in [4.78, 5) is 2.14. The third-order valence-corrected chi connectivity index (χ3v) is 1.93. The summed E-state index contributed by atoms with van der Waals surface area (Å²) in [5.74, 6) is 0. The van der Waals surface area contributed by atoms with E-state index in [1.807, 2.05) is 6.92 Å². The normalized spacial score (nSPS) is 24.7. The Bertz CT molecular complexity index is 79.0. The monoisotopic (exact) mass is 129 g/mol. The van der Waals surface area contributed by atoms with Gasteiger partial charge in [0.15, 0.2) is 0 Å². The van der Waals surface area contributed by atoms with Crippen LogP contribution < -0.4 is 0 Å². The first-order chi connectivity index (χ1) is 4.34. The van der Waals surface area contributed by atoms with Crippen molar-refractivity contribution in [2.24, 2.45) is 0 Å². The van der Waals surface area contributed by atoms with Gasteiger partial charge in [-0.2, -0.15) is 0 Å². The van der Waals surface area contributed by atoms with E-state index >= 15 is 0 Å². The largest absolute Gasteiger partial charge is 0.378 e. The molecule has 2 heteroatoms. The SMILES string of the molecule is CC[C@@H](O)N1CCCC1. The number of aliphatic hydroxyl groups is 1. The molecule has 0 aliphatic carbocycles. The Morgan fingerprint density at radius 2 is 2.00 bits per heavy atom. The lowest BCUT2D eigenvalue weighted by Crippen LogP contribution is -2.31. The molecule has 1 fully saturated rings. The van der Waals surface area contributed by atoms with Crippen LogP contribution in [0.1, 0.15) is 26.2 Å². The summed E-state index contributed by atoms with van der Waals surface area (Å²) in [6.07, 6.45) is 3.21. The molecule has 0 aromatic rings. The van der Waals surface area contributed by atoms with Gasteiger partial charge < -0.3 is 5.11 Å². The molecule has 0 saturated carbocycles. The first-order valence-electron chi connectivity index (χ1n) is 3.76. The van der Waals surface area contributed by atoms with Gasteiger partial charge in [0.05, 0.1) is 0 Å². The van der Waals surface area contributed by atoms with Crippen molar-refractivity contribution in [1.82, 2.24) is 4.90 Å². The highest BCUT2D eigenvalue weighted by atomic mass is 16.3. The maximum Gasteiger partial charge on any atom is 0.107 e. The number of hydrogen-bond acceptors (Lipinski definition) is 2. The third kappa shape index (κ3) is 1.66. The molecule has 1 atom stereocenters. The van der Waals surface area contributed by atoms with Crippen molar-refractivity contribution in [3.63, 3.8) is 0 Å². The standard InChI is InChI=1S/C7H15NO/c1-2-7(9)8-5-3-4-6-8/h7,9H,2-6H2,1H3/t7-/m1/s1. The molecule has 1 heterocycles. The summed E-state index contributed by atoms with van der Waals surface area (Å²) in [5, 5.41) is 9.28. The lowest BCUT2D eigenvalue weighted by Gasteiger charge is -2.20. The van der Waals surface area contributed by atoms with Gasteiger partial charge in [0.1, 0.15) is 6.23 Å². The Hall–Kier alpha value is -0.0800. The minimum absolute atomic E-state index is 0.174. The van der Waals surface area contributed by atoms with E-state index in [1.54, 1.807) is 0 Å². The molecule has 0 spiro atoms. The molecule has 0 unspecified atom stereocenters. The molecule has 1 aliphatic rings. The van der Waals surface area contributed by atoms with E-state index in [9.17, 15) is 5.11 Å². The molecule has 1 rings (SSSR count). The fourth-order valence-electron chi connectivity index (χ4n) is 1.30. The van der Waals surface area contributed by atoms with Crippen molar-refractivity contribution >= 4 is 0 Å². The molecular formula is C7H15NO. The van der Waals surface area contributed by atoms with Gasteiger partial charge in [0.2, 0.25) is 0 Å². The van der Waals surface area contributed by atoms with E-state index in [0.717, 1.165) is 19.5 Å². The molecule has 54 valence electrons. The molecule has 2 nitrogen and oxygen atoms in total. The second kappa shape index (κ2) is 3.18. The number of rotatable bonds is 2. The summed E-state index contributed by atoms with van der Waals surface area (Å²) in [6, 6.07) is 0. The highest BCUT2D eigenvalue weighted by Crippen LogP contribution is 2.11. The molecule has 1 saturated heterocycles. The van der Waals surface area contributed by atoms with Gasteiger partial charge in [-0.25, -0.2) is 0 Å². The molecule has 0 bridgehead atoms. The zero-order valence-corrected chi connectivity index (χ0v) is 6.01. The number of hydrogen-bond donors (Lipinski definition) is 1. The fraction of sp³-hybridized carbons (Fsp3) is 1.00. The van der Waals surface area contributed by atoms with Gasteiger partial charge in [-0.3, -0.25) is 4.90 Å². The highest BCUT2D eigenvalue weighted by Gasteiger charge is 2.16. The predicted molar refractivity (Wildman–Crippen MR) is 37.1 cm³/mol. The van der Waals surface area contributed by atoms with Gasteiger partial charge in [-0.15, -0.1) is 0 Å². The van der Waals surface area contributed by atoms with E-state index in [2.05, 4.69) is 4.90 Å². The van der Waals surface area contributed by atoms with E-state index in [-0.39, 0.29) is 6.23 Å². The van der Waals surface area contributed by atoms with Crippen LogP contribution >= 0.6 is 0 Å². The Morgan fingerprint density at radius 3 is 2.44 bits per heavy atom. The first-order valence-corrected chi connectivity index (χ1v) is 3.76. The summed E-state index contributed by atoms with van der Waals surface area (Å²) < 4.78 is 0. The Kier molecular flexibility index (Phi) is 2.49. The van der Waals surface area contributed by atoms with Crippen LogP contribution in [0, 0.1) is 0 Å². The zero-order chi connectivity index (χ0) is 6.69. The molecule has 0 aromatic carbocycles. The number of aliphatic hydroxyl groups excluding tert-OH is 1. The van der Waals surface area contributed by atoms with Crippen LogP contribution in [-0.4, -0.2) is 29.3 Å². The van der Waals surface area contributed by atoms with Crippen LogP contribution in [0.3, 0.4) is 0 Å². The van der Waals surface area contributed by atoms with Crippen LogP contribution in [-0.2, 0) is 0 Å². The lowest BCUT2D eigenvalue weighted by molar-refractivity contribution is 0.0180. The van der Waals surface area contributed by atoms with Gasteiger partial charge in [0, 0.05) is 13.1 Å². The van der Waals surface area contributed by atoms with Gasteiger partial charge in [-0.1, -0.05) is 6.92 Å². The average Bonchev–Trinajstić information content (AvgIpc) is 2.37. The van der Waals surface area contributed by atoms with E-state index < -0.39 is 0 Å². The lowest BCUT2D eigenvalue weighted by atomic mass is 10.4. The van der Waals surface area contributed by atoms with Crippen LogP contribution in [0.25, 0.3) is 0 Å². The summed E-state index contributed by atoms with van der Waals surface area (Å²) in [7, 11) is 0. The predicted octanol–water partition coefficient (Wildman–Crippen LogP) is 0.811. The van der Waals surface area contributed by atoms with Gasteiger partial charge >= 0.3 is 0 Å². The smallest absolute Gasteiger partial charge is 0.107 e. The third-order valence-electron chi connectivity index (χ3n) is 1.93. The van der Waals surface area contributed by atoms with Crippen LogP contribution in [0.15, 0.2) is 0 Å². The summed E-state index contributed by atoms with van der Waals surface area (Å²) >= 11 is 0. The highest BCUT2D eigenvalue weighted by molar-refractivity contribution is 4.67. The van der Waals surface area contributed by atoms with Gasteiger partial charge in [-0.05, 0) is 19.3 Å². The molecule has 0 radical (unpaired) electrons. The van der Waals surface area contributed by atoms with Crippen molar-refractivity contribution in [1.29, 1.82) is 0 Å². The van der Waals surface area contributed by atoms with Crippen LogP contribution in [0.2, 0.25) is 0 Å². The topological polar surface area (TPSA) is 23.5 Å². The summed E-state index contributed by atoms with van der Waals surface area (Å²) in [5.41, 5.74) is 0. The molecule has 0 amide bonds. The number of nitrogens with zero attached hydrogens (tertiary/aromatic N) is 1. The minimum Gasteiger partial charge on any atom is -0.378 e. The average molecular weight is 129 g/mol. The Morgan fingerprint density at radius 1 is 1.44 bits per heavy atom. The molecular weight excluding hydrogens is 114 g/mol. The maximum atomic E-state index is 9.28. The van der Waals surface area contributed by atoms with Crippen molar-refractivity contribution in [2.45, 2.75) is 32.4 Å². The summed E-state index contributed by atoms with van der Waals surface area (Å²) in [6.45, 7) is 4.20. The van der Waals surface area contributed by atoms with Crippen molar-refractivity contribution in [3.8, 4) is 0 Å². The minimum atomic E-state index is -0.174. The molecule has 1 N–H and O–H groups in total. The van der Waals surface area contributed by atoms with E-state index in [1.165, 1.54) is 12.8 Å². The van der Waals surface area contributed by atoms with Gasteiger partial charge in [0.25, 0.3) is 0 Å². The second-order valence-electron chi connectivity index (χ2n) is 2.63. The molecule has 0 aromatic heterocycles. The van der Waals surface area contributed by atoms with Crippen LogP contribution in [0.4, 0.5) is 0 Å². The van der Waals surface area contributed by atoms with Crippen molar-refractivity contribution in [3.05, 3.63) is 0 Å². The quantitative estimate of drug-likeness (QED) is 0.596. The molecule has 9 heavy (non-hydrogen) atoms. The van der Waals surface area contributed by atoms with Crippen molar-refractivity contribution < 1.29 is 5.11 Å². The van der Waals surface area contributed by atoms with Crippen molar-refractivity contribution in [2.75, 3.05) is 13.1 Å². The second-order valence-corrected chi connectivity index (χ2v) is 2.63. The Labute approximate surface area is 56.5 Å². The molecule has 1 aliphatic heterocycles. The fourth-order valence-corrected chi connectivity index (χ4v) is 1.30. The number of likely N-dealkylation sites (tertiary alicyclic amines) is 1. The van der Waals surface area contributed by atoms with E-state index in [4.69, 9.17) is 0 Å². The van der Waals surface area contributed by atoms with E-state index in [0.29, 0.717) is 0 Å². The Balaban J connectivity index is 2.24. The maximum absolute atomic E-state index is 9.28. The zero-order valence-electron chi connectivity index (χ0n) is 6.01.